The van der Waals surface area contributed by atoms with E-state index in [9.17, 15) is 9.59 Å². The fourth-order valence-corrected chi connectivity index (χ4v) is 5.16. The summed E-state index contributed by atoms with van der Waals surface area (Å²) in [5.74, 6) is 0.547. The van der Waals surface area contributed by atoms with Crippen LogP contribution in [0.2, 0.25) is 0 Å². The third-order valence-electron chi connectivity index (χ3n) is 7.28. The van der Waals surface area contributed by atoms with Gasteiger partial charge in [-0.2, -0.15) is 0 Å². The minimum atomic E-state index is -0.128. The topological polar surface area (TPSA) is 119 Å². The van der Waals surface area contributed by atoms with Gasteiger partial charge in [0, 0.05) is 28.0 Å². The first-order valence-electron chi connectivity index (χ1n) is 13.4. The maximum Gasteiger partial charge on any atom is 0.257 e. The zero-order valence-corrected chi connectivity index (χ0v) is 22.6. The first kappa shape index (κ1) is 25.1. The van der Waals surface area contributed by atoms with Gasteiger partial charge >= 0.3 is 0 Å². The lowest BCUT2D eigenvalue weighted by Gasteiger charge is -2.01. The van der Waals surface area contributed by atoms with Gasteiger partial charge in [-0.05, 0) is 59.3 Å². The molecule has 42 heavy (non-hydrogen) atoms. The van der Waals surface area contributed by atoms with E-state index in [1.54, 1.807) is 13.2 Å². The van der Waals surface area contributed by atoms with E-state index in [2.05, 4.69) is 24.9 Å². The zero-order valence-electron chi connectivity index (χ0n) is 22.6. The average Bonchev–Trinajstić information content (AvgIpc) is 3.64. The van der Waals surface area contributed by atoms with Crippen molar-refractivity contribution < 1.29 is 4.74 Å². The fraction of sp³-hybridized carbons (Fsp3) is 0.0294. The summed E-state index contributed by atoms with van der Waals surface area (Å²) in [5.41, 5.74) is 6.99. The average molecular weight is 552 g/mol. The van der Waals surface area contributed by atoms with Crippen molar-refractivity contribution in [1.82, 2.24) is 24.9 Å². The molecule has 5 aromatic heterocycles. The predicted molar refractivity (Wildman–Crippen MR) is 168 cm³/mol. The molecule has 0 atom stereocenters. The van der Waals surface area contributed by atoms with E-state index in [1.807, 2.05) is 103 Å². The molecular weight excluding hydrogens is 526 g/mol. The Morgan fingerprint density at radius 3 is 1.55 bits per heavy atom. The summed E-state index contributed by atoms with van der Waals surface area (Å²) in [7, 11) is 1.58. The third-order valence-corrected chi connectivity index (χ3v) is 7.28. The summed E-state index contributed by atoms with van der Waals surface area (Å²) in [6.45, 7) is 0. The van der Waals surface area contributed by atoms with Gasteiger partial charge in [0.2, 0.25) is 5.88 Å². The molecule has 0 aliphatic rings. The van der Waals surface area contributed by atoms with Crippen LogP contribution in [-0.2, 0) is 0 Å². The van der Waals surface area contributed by atoms with Gasteiger partial charge in [0.15, 0.2) is 0 Å². The highest BCUT2D eigenvalue weighted by Crippen LogP contribution is 2.25. The molecule has 0 saturated carbocycles. The Kier molecular flexibility index (Phi) is 6.13. The minimum absolute atomic E-state index is 0.0738. The van der Waals surface area contributed by atoms with Crippen LogP contribution in [0, 0.1) is 0 Å². The number of nitrogens with one attached hydrogen (secondary N) is 4. The van der Waals surface area contributed by atoms with E-state index in [0.717, 1.165) is 55.1 Å². The van der Waals surface area contributed by atoms with E-state index in [4.69, 9.17) is 4.74 Å². The number of rotatable bonds is 3. The Bertz CT molecular complexity index is 2330. The Labute approximate surface area is 238 Å². The molecule has 0 unspecified atom stereocenters. The molecule has 204 valence electrons. The second-order valence-electron chi connectivity index (χ2n) is 9.94. The highest BCUT2D eigenvalue weighted by atomic mass is 16.5. The zero-order chi connectivity index (χ0) is 28.6. The molecule has 8 nitrogen and oxygen atoms in total. The number of pyridine rings is 3. The molecule has 0 bridgehead atoms. The lowest BCUT2D eigenvalue weighted by Crippen LogP contribution is -2.08. The molecule has 8 rings (SSSR count). The van der Waals surface area contributed by atoms with Gasteiger partial charge < -0.3 is 24.7 Å². The Hall–Kier alpha value is -5.89. The fourth-order valence-electron chi connectivity index (χ4n) is 5.16. The van der Waals surface area contributed by atoms with Crippen LogP contribution in [0.3, 0.4) is 0 Å². The summed E-state index contributed by atoms with van der Waals surface area (Å²) < 4.78 is 5.13. The van der Waals surface area contributed by atoms with E-state index in [1.165, 1.54) is 0 Å². The molecule has 0 aliphatic carbocycles. The summed E-state index contributed by atoms with van der Waals surface area (Å²) >= 11 is 0. The van der Waals surface area contributed by atoms with Crippen LogP contribution in [0.15, 0.2) is 119 Å². The van der Waals surface area contributed by atoms with Crippen molar-refractivity contribution in [2.75, 3.05) is 7.11 Å². The predicted octanol–water partition coefficient (Wildman–Crippen LogP) is 6.76. The maximum atomic E-state index is 12.3. The van der Waals surface area contributed by atoms with Gasteiger partial charge in [-0.3, -0.25) is 9.59 Å². The van der Waals surface area contributed by atoms with Crippen molar-refractivity contribution in [2.45, 2.75) is 0 Å². The number of aromatic amines is 4. The SMILES string of the molecule is COc1ccc2[nH]c(-c3cc4ccccc4[nH]c3=O)cc2n1.O=c1[nH]c2ccccc2cc1-c1cc2ccccc2[nH]1. The molecule has 8 aromatic rings. The molecule has 0 radical (unpaired) electrons. The summed E-state index contributed by atoms with van der Waals surface area (Å²) in [4.78, 5) is 41.3. The van der Waals surface area contributed by atoms with E-state index in [-0.39, 0.29) is 11.1 Å². The number of aromatic nitrogens is 5. The van der Waals surface area contributed by atoms with Crippen LogP contribution in [0.5, 0.6) is 5.88 Å². The van der Waals surface area contributed by atoms with Gasteiger partial charge in [-0.1, -0.05) is 54.6 Å². The highest BCUT2D eigenvalue weighted by molar-refractivity contribution is 5.89. The molecule has 0 aliphatic heterocycles. The molecule has 0 saturated heterocycles. The van der Waals surface area contributed by atoms with Crippen molar-refractivity contribution >= 4 is 43.7 Å². The second kappa shape index (κ2) is 10.3. The van der Waals surface area contributed by atoms with E-state index >= 15 is 0 Å². The third kappa shape index (κ3) is 4.61. The van der Waals surface area contributed by atoms with Crippen LogP contribution in [0.25, 0.3) is 66.3 Å². The number of fused-ring (bicyclic) bond motifs is 4. The maximum absolute atomic E-state index is 12.3. The van der Waals surface area contributed by atoms with Crippen molar-refractivity contribution in [3.8, 4) is 28.4 Å². The normalized spacial score (nSPS) is 11.2. The molecule has 5 heterocycles. The number of methoxy groups -OCH3 is 1. The Balaban J connectivity index is 0.000000138. The number of H-pyrrole nitrogens is 4. The van der Waals surface area contributed by atoms with Crippen LogP contribution < -0.4 is 15.9 Å². The Morgan fingerprint density at radius 2 is 1.00 bits per heavy atom. The van der Waals surface area contributed by atoms with Crippen LogP contribution in [0.1, 0.15) is 0 Å². The van der Waals surface area contributed by atoms with Gasteiger partial charge in [0.25, 0.3) is 11.1 Å². The van der Waals surface area contributed by atoms with Crippen LogP contribution in [0.4, 0.5) is 0 Å². The van der Waals surface area contributed by atoms with E-state index < -0.39 is 0 Å². The summed E-state index contributed by atoms with van der Waals surface area (Å²) in [5, 5.41) is 3.12. The van der Waals surface area contributed by atoms with Gasteiger partial charge in [-0.15, -0.1) is 0 Å². The van der Waals surface area contributed by atoms with Crippen LogP contribution in [-0.4, -0.2) is 32.0 Å². The molecule has 0 fully saturated rings. The monoisotopic (exact) mass is 551 g/mol. The van der Waals surface area contributed by atoms with E-state index in [0.29, 0.717) is 17.0 Å². The highest BCUT2D eigenvalue weighted by Gasteiger charge is 2.11. The molecular formula is C34H25N5O3. The number of nitrogens with zero attached hydrogens (tertiary/aromatic N) is 1. The summed E-state index contributed by atoms with van der Waals surface area (Å²) in [6, 6.07) is 34.9. The van der Waals surface area contributed by atoms with Crippen molar-refractivity contribution in [3.05, 3.63) is 130 Å². The largest absolute Gasteiger partial charge is 0.481 e. The lowest BCUT2D eigenvalue weighted by molar-refractivity contribution is 0.399. The van der Waals surface area contributed by atoms with Gasteiger partial charge in [0.05, 0.1) is 40.7 Å². The smallest absolute Gasteiger partial charge is 0.257 e. The van der Waals surface area contributed by atoms with Gasteiger partial charge in [0.1, 0.15) is 0 Å². The van der Waals surface area contributed by atoms with Crippen molar-refractivity contribution in [2.24, 2.45) is 0 Å². The van der Waals surface area contributed by atoms with Crippen molar-refractivity contribution in [1.29, 1.82) is 0 Å². The first-order valence-corrected chi connectivity index (χ1v) is 13.4. The first-order chi connectivity index (χ1) is 20.6. The molecule has 4 N–H and O–H groups in total. The number of ether oxygens (including phenoxy) is 1. The van der Waals surface area contributed by atoms with Gasteiger partial charge in [-0.25, -0.2) is 4.98 Å². The Morgan fingerprint density at radius 1 is 0.524 bits per heavy atom. The summed E-state index contributed by atoms with van der Waals surface area (Å²) in [6.07, 6.45) is 0. The number of benzene rings is 3. The molecule has 3 aromatic carbocycles. The standard InChI is InChI=1S/C17H13N3O2.C17H12N2O/c1-22-16-7-6-13-15(19-16)9-14(18-13)11-8-10-4-2-3-5-12(10)20-17(11)21;20-17-13(9-11-5-1-4-8-15(11)19-17)16-10-12-6-2-3-7-14(12)18-16/h2-9,18H,1H3,(H,20,21);1-10,18H,(H,19,20). The number of hydrogen-bond acceptors (Lipinski definition) is 4. The molecule has 0 amide bonds. The second-order valence-corrected chi connectivity index (χ2v) is 9.94. The minimum Gasteiger partial charge on any atom is -0.481 e. The lowest BCUT2D eigenvalue weighted by atomic mass is 10.1. The molecule has 8 heteroatoms. The molecule has 0 spiro atoms. The number of hydrogen-bond donors (Lipinski definition) is 4. The quantitative estimate of drug-likeness (QED) is 0.194. The van der Waals surface area contributed by atoms with Crippen molar-refractivity contribution in [3.63, 3.8) is 0 Å². The number of para-hydroxylation sites is 3. The van der Waals surface area contributed by atoms with Crippen LogP contribution >= 0.6 is 0 Å².